The Kier molecular flexibility index (Phi) is 7.40. The second-order valence-corrected chi connectivity index (χ2v) is 6.14. The van der Waals surface area contributed by atoms with E-state index in [2.05, 4.69) is 15.9 Å². The third kappa shape index (κ3) is 5.14. The summed E-state index contributed by atoms with van der Waals surface area (Å²) < 4.78 is 16.2. The Bertz CT molecular complexity index is 676. The van der Waals surface area contributed by atoms with Crippen LogP contribution in [0, 0.1) is 0 Å². The Morgan fingerprint density at radius 1 is 1.12 bits per heavy atom. The van der Waals surface area contributed by atoms with Gasteiger partial charge in [0.2, 0.25) is 0 Å². The van der Waals surface area contributed by atoms with E-state index < -0.39 is 5.97 Å². The average Bonchev–Trinajstić information content (AvgIpc) is 2.62. The third-order valence-corrected chi connectivity index (χ3v) is 4.07. The number of halogens is 2. The molecular weight excluding hydrogens is 396 g/mol. The topological polar surface area (TPSA) is 44.8 Å². The molecule has 0 heterocycles. The van der Waals surface area contributed by atoms with Crippen molar-refractivity contribution in [1.29, 1.82) is 0 Å². The molecule has 0 N–H and O–H groups in total. The molecule has 2 aromatic carbocycles. The monoisotopic (exact) mass is 412 g/mol. The predicted molar refractivity (Wildman–Crippen MR) is 97.5 cm³/mol. The minimum atomic E-state index is -0.500. The van der Waals surface area contributed by atoms with Crippen LogP contribution in [0.4, 0.5) is 0 Å². The standard InChI is InChI=1S/C18H18BrClO4/c1-22-18(21)14-10-15(20)17(11-16(14)23-9-5-8-19)24-12-13-6-3-2-4-7-13/h2-4,6-7,10-11H,5,8-9,12H2,1H3. The number of hydrogen-bond acceptors (Lipinski definition) is 4. The van der Waals surface area contributed by atoms with E-state index in [-0.39, 0.29) is 5.56 Å². The molecule has 0 aliphatic heterocycles. The third-order valence-electron chi connectivity index (χ3n) is 3.21. The summed E-state index contributed by atoms with van der Waals surface area (Å²) in [6.07, 6.45) is 0.809. The maximum absolute atomic E-state index is 11.9. The highest BCUT2D eigenvalue weighted by molar-refractivity contribution is 9.09. The zero-order chi connectivity index (χ0) is 17.4. The van der Waals surface area contributed by atoms with Crippen LogP contribution >= 0.6 is 27.5 Å². The first-order chi connectivity index (χ1) is 11.7. The smallest absolute Gasteiger partial charge is 0.341 e. The molecule has 0 unspecified atom stereocenters. The molecule has 0 radical (unpaired) electrons. The number of carbonyl (C=O) groups excluding carboxylic acids is 1. The number of hydrogen-bond donors (Lipinski definition) is 0. The molecule has 4 nitrogen and oxygen atoms in total. The van der Waals surface area contributed by atoms with Gasteiger partial charge >= 0.3 is 5.97 Å². The number of benzene rings is 2. The lowest BCUT2D eigenvalue weighted by Crippen LogP contribution is -2.08. The zero-order valence-corrected chi connectivity index (χ0v) is 15.6. The van der Waals surface area contributed by atoms with Gasteiger partial charge in [0.1, 0.15) is 23.7 Å². The number of esters is 1. The lowest BCUT2D eigenvalue weighted by atomic mass is 10.2. The largest absolute Gasteiger partial charge is 0.493 e. The molecule has 0 aromatic heterocycles. The van der Waals surface area contributed by atoms with Crippen LogP contribution in [0.3, 0.4) is 0 Å². The molecule has 0 spiro atoms. The van der Waals surface area contributed by atoms with Crippen molar-refractivity contribution in [2.45, 2.75) is 13.0 Å². The minimum Gasteiger partial charge on any atom is -0.493 e. The molecular formula is C18H18BrClO4. The van der Waals surface area contributed by atoms with Crippen molar-refractivity contribution in [3.05, 3.63) is 58.6 Å². The van der Waals surface area contributed by atoms with Gasteiger partial charge in [-0.05, 0) is 18.1 Å². The van der Waals surface area contributed by atoms with Crippen LogP contribution in [0.5, 0.6) is 11.5 Å². The highest BCUT2D eigenvalue weighted by atomic mass is 79.9. The summed E-state index contributed by atoms with van der Waals surface area (Å²) in [6.45, 7) is 0.841. The number of ether oxygens (including phenoxy) is 3. The first-order valence-electron chi connectivity index (χ1n) is 7.43. The number of carbonyl (C=O) groups is 1. The molecule has 0 aliphatic rings. The Morgan fingerprint density at radius 3 is 2.54 bits per heavy atom. The molecule has 24 heavy (non-hydrogen) atoms. The maximum atomic E-state index is 11.9. The fraction of sp³-hybridized carbons (Fsp3) is 0.278. The average molecular weight is 414 g/mol. The van der Waals surface area contributed by atoms with Crippen molar-refractivity contribution in [3.63, 3.8) is 0 Å². The Hall–Kier alpha value is -1.72. The van der Waals surface area contributed by atoms with Gasteiger partial charge in [0.25, 0.3) is 0 Å². The summed E-state index contributed by atoms with van der Waals surface area (Å²) >= 11 is 9.58. The highest BCUT2D eigenvalue weighted by Crippen LogP contribution is 2.34. The summed E-state index contributed by atoms with van der Waals surface area (Å²) in [4.78, 5) is 11.9. The van der Waals surface area contributed by atoms with Crippen molar-refractivity contribution < 1.29 is 19.0 Å². The van der Waals surface area contributed by atoms with Crippen LogP contribution in [0.15, 0.2) is 42.5 Å². The van der Waals surface area contributed by atoms with Crippen LogP contribution in [0.2, 0.25) is 5.02 Å². The number of alkyl halides is 1. The first kappa shape index (κ1) is 18.6. The first-order valence-corrected chi connectivity index (χ1v) is 8.93. The van der Waals surface area contributed by atoms with E-state index in [1.807, 2.05) is 30.3 Å². The van der Waals surface area contributed by atoms with E-state index in [9.17, 15) is 4.79 Å². The molecule has 0 saturated heterocycles. The molecule has 2 aromatic rings. The molecule has 0 atom stereocenters. The van der Waals surface area contributed by atoms with Crippen LogP contribution in [-0.4, -0.2) is 25.0 Å². The van der Waals surface area contributed by atoms with Crippen LogP contribution in [-0.2, 0) is 11.3 Å². The van der Waals surface area contributed by atoms with Crippen LogP contribution in [0.1, 0.15) is 22.3 Å². The normalized spacial score (nSPS) is 10.3. The van der Waals surface area contributed by atoms with Crippen LogP contribution < -0.4 is 9.47 Å². The Morgan fingerprint density at radius 2 is 1.88 bits per heavy atom. The molecule has 6 heteroatoms. The molecule has 128 valence electrons. The molecule has 0 amide bonds. The lowest BCUT2D eigenvalue weighted by molar-refractivity contribution is 0.0596. The maximum Gasteiger partial charge on any atom is 0.341 e. The van der Waals surface area contributed by atoms with Crippen molar-refractivity contribution >= 4 is 33.5 Å². The van der Waals surface area contributed by atoms with Crippen molar-refractivity contribution in [2.75, 3.05) is 19.0 Å². The second kappa shape index (κ2) is 9.55. The van der Waals surface area contributed by atoms with Gasteiger partial charge < -0.3 is 14.2 Å². The van der Waals surface area contributed by atoms with Gasteiger partial charge in [-0.1, -0.05) is 57.9 Å². The fourth-order valence-corrected chi connectivity index (χ4v) is 2.45. The van der Waals surface area contributed by atoms with Gasteiger partial charge in [-0.3, -0.25) is 0 Å². The van der Waals surface area contributed by atoms with Crippen molar-refractivity contribution in [2.24, 2.45) is 0 Å². The van der Waals surface area contributed by atoms with Gasteiger partial charge in [-0.2, -0.15) is 0 Å². The summed E-state index contributed by atoms with van der Waals surface area (Å²) in [7, 11) is 1.32. The van der Waals surface area contributed by atoms with Crippen molar-refractivity contribution in [3.8, 4) is 11.5 Å². The van der Waals surface area contributed by atoms with Gasteiger partial charge in [0.15, 0.2) is 0 Å². The molecule has 0 bridgehead atoms. The quantitative estimate of drug-likeness (QED) is 0.352. The second-order valence-electron chi connectivity index (χ2n) is 4.94. The van der Waals surface area contributed by atoms with E-state index in [1.54, 1.807) is 6.07 Å². The zero-order valence-electron chi connectivity index (χ0n) is 13.3. The Balaban J connectivity index is 2.21. The fourth-order valence-electron chi connectivity index (χ4n) is 2.01. The summed E-state index contributed by atoms with van der Waals surface area (Å²) in [5, 5.41) is 1.14. The molecule has 0 saturated carbocycles. The predicted octanol–water partition coefficient (Wildman–Crippen LogP) is 4.87. The van der Waals surface area contributed by atoms with Crippen LogP contribution in [0.25, 0.3) is 0 Å². The van der Waals surface area contributed by atoms with Gasteiger partial charge in [-0.15, -0.1) is 0 Å². The molecule has 0 aliphatic carbocycles. The van der Waals surface area contributed by atoms with E-state index in [4.69, 9.17) is 25.8 Å². The van der Waals surface area contributed by atoms with E-state index >= 15 is 0 Å². The minimum absolute atomic E-state index is 0.282. The molecule has 0 fully saturated rings. The lowest BCUT2D eigenvalue weighted by Gasteiger charge is -2.14. The van der Waals surface area contributed by atoms with E-state index in [0.29, 0.717) is 29.7 Å². The van der Waals surface area contributed by atoms with E-state index in [0.717, 1.165) is 17.3 Å². The van der Waals surface area contributed by atoms with Gasteiger partial charge in [-0.25, -0.2) is 4.79 Å². The summed E-state index contributed by atoms with van der Waals surface area (Å²) in [6, 6.07) is 12.9. The van der Waals surface area contributed by atoms with E-state index in [1.165, 1.54) is 13.2 Å². The summed E-state index contributed by atoms with van der Waals surface area (Å²) in [5.41, 5.74) is 1.30. The molecule has 2 rings (SSSR count). The SMILES string of the molecule is COC(=O)c1cc(Cl)c(OCc2ccccc2)cc1OCCCBr. The highest BCUT2D eigenvalue weighted by Gasteiger charge is 2.18. The number of methoxy groups -OCH3 is 1. The summed E-state index contributed by atoms with van der Waals surface area (Å²) in [5.74, 6) is 0.359. The van der Waals surface area contributed by atoms with Gasteiger partial charge in [0, 0.05) is 11.4 Å². The van der Waals surface area contributed by atoms with Crippen molar-refractivity contribution in [1.82, 2.24) is 0 Å². The van der Waals surface area contributed by atoms with Gasteiger partial charge in [0.05, 0.1) is 18.7 Å². The Labute approximate surface area is 154 Å². The number of rotatable bonds is 8.